The molecule has 5 aliphatic heterocycles. The average molecular weight is 1010 g/mol. The maximum Gasteiger partial charge on any atom is 0.409 e. The third-order valence-corrected chi connectivity index (χ3v) is 15.7. The molecule has 0 radical (unpaired) electrons. The first-order chi connectivity index (χ1) is 35.4. The SMILES string of the molecule is CC.CCOC(=O)N1CC2(CCC(N3CCN(c4cc(F)cnc4-c4cnc(OC(C)C)nc4)CC3)C2)C1.CCOC(=O)N1CC2(CCC(N3CCN(c4cc(F)cnc4C4=CC5=NNCC5C=C4)CC3)C2)C1. The standard InChI is InChI=1S/C26H35FN6O3.C26H33FN6O2.C2H6/c1-4-35-25(34)33-16-26(17-33)6-5-21(12-26)31-7-9-32(10-8-31)22-11-20(27)15-28-23(22)19-13-29-24(30-14-19)36-18(2)3;1-2-35-25(34)33-16-26(17-33)6-5-21(13-26)31-7-9-32(10-8-31)23-12-20(27)15-28-24(23)18-3-4-19-14-29-30-22(19)11-18;1-2/h11,13-15,18,21H,4-10,12,16-17H2,1-3H3;3-4,11-12,15,19,21,29H,2,5-10,13-14,16-17H2,1H3;1-2H3. The van der Waals surface area contributed by atoms with Crippen molar-refractivity contribution in [3.8, 4) is 17.3 Å². The molecule has 8 heterocycles. The molecule has 3 atom stereocenters. The number of rotatable bonds is 10. The summed E-state index contributed by atoms with van der Waals surface area (Å²) in [5, 5.41) is 4.38. The second kappa shape index (κ2) is 22.7. The number of ether oxygens (including phenoxy) is 3. The van der Waals surface area contributed by atoms with E-state index in [-0.39, 0.29) is 40.8 Å². The van der Waals surface area contributed by atoms with Gasteiger partial charge in [0, 0.05) is 150 Å². The van der Waals surface area contributed by atoms with Gasteiger partial charge >= 0.3 is 18.2 Å². The molecule has 3 aromatic rings. The van der Waals surface area contributed by atoms with Gasteiger partial charge in [-0.2, -0.15) is 5.10 Å². The smallest absolute Gasteiger partial charge is 0.409 e. The Morgan fingerprint density at radius 1 is 0.712 bits per heavy atom. The number of amides is 2. The number of aromatic nitrogens is 4. The van der Waals surface area contributed by atoms with Crippen molar-refractivity contribution < 1.29 is 32.6 Å². The van der Waals surface area contributed by atoms with Crippen LogP contribution in [-0.2, 0) is 9.47 Å². The highest BCUT2D eigenvalue weighted by molar-refractivity contribution is 6.08. The number of fused-ring (bicyclic) bond motifs is 1. The number of carbonyl (C=O) groups excluding carboxylic acids is 2. The first-order valence-electron chi connectivity index (χ1n) is 26.7. The molecule has 2 spiro atoms. The Bertz CT molecular complexity index is 2500. The van der Waals surface area contributed by atoms with Crippen LogP contribution in [0.25, 0.3) is 16.8 Å². The molecule has 19 heteroatoms. The van der Waals surface area contributed by atoms with Crippen LogP contribution in [0, 0.1) is 28.4 Å². The summed E-state index contributed by atoms with van der Waals surface area (Å²) in [4.78, 5) is 54.7. The Hall–Kier alpha value is -5.95. The topological polar surface area (TPSA) is 157 Å². The van der Waals surface area contributed by atoms with Crippen molar-refractivity contribution in [1.82, 2.24) is 45.0 Å². The number of piperazine rings is 2. The summed E-state index contributed by atoms with van der Waals surface area (Å²) in [5.41, 5.74) is 9.41. The number of nitrogens with zero attached hydrogens (tertiary/aromatic N) is 11. The molecular formula is C54H74F2N12O5. The molecule has 11 rings (SSSR count). The lowest BCUT2D eigenvalue weighted by Gasteiger charge is -2.48. The third kappa shape index (κ3) is 11.6. The molecule has 6 fully saturated rings. The number of nitrogens with one attached hydrogen (secondary N) is 1. The Balaban J connectivity index is 0.000000174. The summed E-state index contributed by atoms with van der Waals surface area (Å²) in [6, 6.07) is 4.58. The summed E-state index contributed by atoms with van der Waals surface area (Å²) in [7, 11) is 0. The van der Waals surface area contributed by atoms with Crippen LogP contribution < -0.4 is 20.0 Å². The van der Waals surface area contributed by atoms with Crippen molar-refractivity contribution in [3.05, 3.63) is 72.5 Å². The number of likely N-dealkylation sites (tertiary alicyclic amines) is 2. The Labute approximate surface area is 429 Å². The number of halogens is 2. The number of hydrogen-bond donors (Lipinski definition) is 1. The number of allylic oxidation sites excluding steroid dienone is 3. The van der Waals surface area contributed by atoms with E-state index >= 15 is 0 Å². The molecule has 4 saturated heterocycles. The molecule has 73 heavy (non-hydrogen) atoms. The second-order valence-corrected chi connectivity index (χ2v) is 20.9. The molecule has 3 aromatic heterocycles. The second-order valence-electron chi connectivity index (χ2n) is 20.9. The fourth-order valence-corrected chi connectivity index (χ4v) is 12.2. The highest BCUT2D eigenvalue weighted by Crippen LogP contribution is 2.49. The predicted octanol–water partition coefficient (Wildman–Crippen LogP) is 7.51. The number of anilines is 2. The van der Waals surface area contributed by atoms with E-state index in [1.54, 1.807) is 24.5 Å². The zero-order chi connectivity index (χ0) is 51.3. The Kier molecular flexibility index (Phi) is 16.1. The summed E-state index contributed by atoms with van der Waals surface area (Å²) in [6.07, 6.45) is 18.8. The van der Waals surface area contributed by atoms with Crippen molar-refractivity contribution in [2.24, 2.45) is 21.8 Å². The van der Waals surface area contributed by atoms with Gasteiger partial charge in [-0.15, -0.1) is 0 Å². The molecule has 2 saturated carbocycles. The maximum absolute atomic E-state index is 14.3. The minimum absolute atomic E-state index is 0.0119. The Morgan fingerprint density at radius 2 is 1.21 bits per heavy atom. The number of hydrogen-bond acceptors (Lipinski definition) is 15. The summed E-state index contributed by atoms with van der Waals surface area (Å²) >= 11 is 0. The van der Waals surface area contributed by atoms with E-state index in [1.807, 2.05) is 51.3 Å². The third-order valence-electron chi connectivity index (χ3n) is 15.7. The fraction of sp³-hybridized carbons (Fsp3) is 0.611. The van der Waals surface area contributed by atoms with E-state index in [2.05, 4.69) is 68.3 Å². The van der Waals surface area contributed by atoms with Crippen LogP contribution in [0.5, 0.6) is 6.01 Å². The van der Waals surface area contributed by atoms with E-state index in [0.29, 0.717) is 42.9 Å². The molecule has 17 nitrogen and oxygen atoms in total. The predicted molar refractivity (Wildman–Crippen MR) is 277 cm³/mol. The summed E-state index contributed by atoms with van der Waals surface area (Å²) in [5.74, 6) is -0.357. The zero-order valence-electron chi connectivity index (χ0n) is 43.6. The largest absolute Gasteiger partial charge is 0.461 e. The zero-order valence-corrected chi connectivity index (χ0v) is 43.6. The maximum atomic E-state index is 14.3. The first kappa shape index (κ1) is 51.9. The molecule has 1 N–H and O–H groups in total. The molecule has 8 aliphatic rings. The van der Waals surface area contributed by atoms with Crippen molar-refractivity contribution in [3.63, 3.8) is 0 Å². The normalized spacial score (nSPS) is 23.8. The minimum Gasteiger partial charge on any atom is -0.461 e. The number of carbonyl (C=O) groups is 2. The number of pyridine rings is 2. The molecule has 394 valence electrons. The molecule has 0 aromatic carbocycles. The monoisotopic (exact) mass is 1010 g/mol. The molecular weight excluding hydrogens is 935 g/mol. The van der Waals surface area contributed by atoms with E-state index in [1.165, 1.54) is 25.2 Å². The lowest BCUT2D eigenvalue weighted by molar-refractivity contribution is -0.00305. The minimum atomic E-state index is -0.356. The lowest BCUT2D eigenvalue weighted by Crippen LogP contribution is -2.58. The van der Waals surface area contributed by atoms with Gasteiger partial charge in [0.1, 0.15) is 11.6 Å². The summed E-state index contributed by atoms with van der Waals surface area (Å²) in [6.45, 7) is 23.5. The van der Waals surface area contributed by atoms with Crippen LogP contribution in [0.2, 0.25) is 0 Å². The highest BCUT2D eigenvalue weighted by atomic mass is 19.1. The van der Waals surface area contributed by atoms with Gasteiger partial charge in [-0.05, 0) is 72.3 Å². The van der Waals surface area contributed by atoms with Crippen LogP contribution in [0.4, 0.5) is 29.7 Å². The van der Waals surface area contributed by atoms with Gasteiger partial charge in [-0.25, -0.2) is 28.3 Å². The molecule has 0 bridgehead atoms. The van der Waals surface area contributed by atoms with Crippen LogP contribution >= 0.6 is 0 Å². The van der Waals surface area contributed by atoms with E-state index in [4.69, 9.17) is 14.2 Å². The summed E-state index contributed by atoms with van der Waals surface area (Å²) < 4.78 is 44.3. The van der Waals surface area contributed by atoms with Gasteiger partial charge in [0.05, 0.1) is 60.2 Å². The highest BCUT2D eigenvalue weighted by Gasteiger charge is 2.52. The number of hydrazone groups is 1. The van der Waals surface area contributed by atoms with Crippen LogP contribution in [-0.4, -0.2) is 174 Å². The molecule has 2 amide bonds. The van der Waals surface area contributed by atoms with Crippen LogP contribution in [0.3, 0.4) is 0 Å². The van der Waals surface area contributed by atoms with Gasteiger partial charge in [0.2, 0.25) is 0 Å². The van der Waals surface area contributed by atoms with Crippen LogP contribution in [0.1, 0.15) is 85.8 Å². The fourth-order valence-electron chi connectivity index (χ4n) is 12.2. The van der Waals surface area contributed by atoms with Crippen LogP contribution in [0.15, 0.2) is 60.2 Å². The van der Waals surface area contributed by atoms with E-state index in [9.17, 15) is 18.4 Å². The Morgan fingerprint density at radius 3 is 1.70 bits per heavy atom. The molecule has 3 unspecified atom stereocenters. The van der Waals surface area contributed by atoms with Gasteiger partial charge in [0.15, 0.2) is 0 Å². The van der Waals surface area contributed by atoms with Gasteiger partial charge in [-0.1, -0.05) is 26.0 Å². The lowest BCUT2D eigenvalue weighted by atomic mass is 9.78. The first-order valence-corrected chi connectivity index (χ1v) is 26.7. The van der Waals surface area contributed by atoms with Gasteiger partial charge in [-0.3, -0.25) is 19.8 Å². The van der Waals surface area contributed by atoms with Crippen molar-refractivity contribution in [2.45, 2.75) is 98.3 Å². The quantitative estimate of drug-likeness (QED) is 0.213. The van der Waals surface area contributed by atoms with Crippen molar-refractivity contribution in [1.29, 1.82) is 0 Å². The average Bonchev–Trinajstić information content (AvgIpc) is 4.17. The van der Waals surface area contributed by atoms with Crippen molar-refractivity contribution in [2.75, 3.05) is 108 Å². The van der Waals surface area contributed by atoms with Gasteiger partial charge < -0.3 is 39.2 Å². The van der Waals surface area contributed by atoms with Gasteiger partial charge in [0.25, 0.3) is 0 Å². The molecule has 3 aliphatic carbocycles. The van der Waals surface area contributed by atoms with E-state index < -0.39 is 0 Å². The van der Waals surface area contributed by atoms with Crippen molar-refractivity contribution >= 4 is 34.8 Å². The van der Waals surface area contributed by atoms with E-state index in [0.717, 1.165) is 145 Å².